The van der Waals surface area contributed by atoms with Crippen LogP contribution in [0.15, 0.2) is 18.3 Å². The molecule has 16 heavy (non-hydrogen) atoms. The Hall–Kier alpha value is -0.900. The van der Waals surface area contributed by atoms with Crippen LogP contribution < -0.4 is 10.1 Å². The smallest absolute Gasteiger partial charge is 0.213 e. The zero-order valence-corrected chi connectivity index (χ0v) is 10.6. The maximum atomic E-state index is 5.30. The second-order valence-corrected chi connectivity index (χ2v) is 5.51. The lowest BCUT2D eigenvalue weighted by atomic mass is 10.2. The first-order chi connectivity index (χ1) is 7.78. The van der Waals surface area contributed by atoms with Gasteiger partial charge in [-0.05, 0) is 19.4 Å². The topological polar surface area (TPSA) is 34.1 Å². The normalized spacial score (nSPS) is 24.4. The second-order valence-electron chi connectivity index (χ2n) is 4.04. The number of pyridine rings is 1. The minimum absolute atomic E-state index is 0.583. The molecule has 0 radical (unpaired) electrons. The van der Waals surface area contributed by atoms with Crippen LogP contribution in [0.4, 0.5) is 5.69 Å². The Balaban J connectivity index is 1.89. The van der Waals surface area contributed by atoms with Crippen molar-refractivity contribution >= 4 is 17.4 Å². The second kappa shape index (κ2) is 5.43. The summed E-state index contributed by atoms with van der Waals surface area (Å²) in [5, 5.41) is 4.27. The van der Waals surface area contributed by atoms with Gasteiger partial charge in [-0.1, -0.05) is 6.92 Å². The van der Waals surface area contributed by atoms with E-state index in [9.17, 15) is 0 Å². The highest BCUT2D eigenvalue weighted by Crippen LogP contribution is 2.28. The molecule has 1 saturated heterocycles. The number of nitrogens with zero attached hydrogens (tertiary/aromatic N) is 1. The fraction of sp³-hybridized carbons (Fsp3) is 0.583. The van der Waals surface area contributed by atoms with Crippen LogP contribution in [0, 0.1) is 0 Å². The van der Waals surface area contributed by atoms with E-state index in [1.165, 1.54) is 12.2 Å². The lowest BCUT2D eigenvalue weighted by Crippen LogP contribution is -2.18. The number of rotatable bonds is 4. The Morgan fingerprint density at radius 3 is 3.00 bits per heavy atom. The molecule has 0 spiro atoms. The van der Waals surface area contributed by atoms with Crippen molar-refractivity contribution in [1.82, 2.24) is 4.98 Å². The molecule has 88 valence electrons. The summed E-state index contributed by atoms with van der Waals surface area (Å²) in [6.07, 6.45) is 3.08. The van der Waals surface area contributed by atoms with Crippen molar-refractivity contribution in [2.75, 3.05) is 17.7 Å². The largest absolute Gasteiger partial charge is 0.478 e. The van der Waals surface area contributed by atoms with Crippen molar-refractivity contribution in [3.05, 3.63) is 18.3 Å². The van der Waals surface area contributed by atoms with Gasteiger partial charge >= 0.3 is 0 Å². The first-order valence-electron chi connectivity index (χ1n) is 5.75. The molecule has 1 aliphatic heterocycles. The summed E-state index contributed by atoms with van der Waals surface area (Å²) in [6.45, 7) is 4.91. The lowest BCUT2D eigenvalue weighted by molar-refractivity contribution is 0.327. The standard InChI is InChI=1S/C12H18N2OS/c1-3-15-12-5-4-10(7-13-12)14-11-6-9(2)16-8-11/h4-5,7,9,11,14H,3,6,8H2,1-2H3. The number of aromatic nitrogens is 1. The molecule has 0 aromatic carbocycles. The van der Waals surface area contributed by atoms with E-state index in [0.717, 1.165) is 10.9 Å². The van der Waals surface area contributed by atoms with Crippen molar-refractivity contribution in [3.63, 3.8) is 0 Å². The van der Waals surface area contributed by atoms with E-state index in [-0.39, 0.29) is 0 Å². The first-order valence-corrected chi connectivity index (χ1v) is 6.79. The number of nitrogens with one attached hydrogen (secondary N) is 1. The molecule has 1 N–H and O–H groups in total. The van der Waals surface area contributed by atoms with Crippen LogP contribution in [-0.2, 0) is 0 Å². The molecular formula is C12H18N2OS. The zero-order chi connectivity index (χ0) is 11.4. The lowest BCUT2D eigenvalue weighted by Gasteiger charge is -2.13. The monoisotopic (exact) mass is 238 g/mol. The summed E-state index contributed by atoms with van der Waals surface area (Å²) in [5.41, 5.74) is 1.09. The maximum Gasteiger partial charge on any atom is 0.213 e. The van der Waals surface area contributed by atoms with Crippen LogP contribution in [0.25, 0.3) is 0 Å². The molecular weight excluding hydrogens is 220 g/mol. The average Bonchev–Trinajstić information content (AvgIpc) is 2.67. The van der Waals surface area contributed by atoms with Gasteiger partial charge in [0.15, 0.2) is 0 Å². The van der Waals surface area contributed by atoms with Crippen molar-refractivity contribution in [2.24, 2.45) is 0 Å². The highest BCUT2D eigenvalue weighted by atomic mass is 32.2. The fourth-order valence-corrected chi connectivity index (χ4v) is 3.00. The van der Waals surface area contributed by atoms with E-state index in [2.05, 4.69) is 17.2 Å². The van der Waals surface area contributed by atoms with Crippen LogP contribution in [0.2, 0.25) is 0 Å². The Bertz CT molecular complexity index is 328. The van der Waals surface area contributed by atoms with Crippen LogP contribution in [0.5, 0.6) is 5.88 Å². The molecule has 0 amide bonds. The van der Waals surface area contributed by atoms with Crippen molar-refractivity contribution in [3.8, 4) is 5.88 Å². The average molecular weight is 238 g/mol. The van der Waals surface area contributed by atoms with Crippen LogP contribution in [0.1, 0.15) is 20.3 Å². The number of ether oxygens (including phenoxy) is 1. The molecule has 1 aromatic rings. The molecule has 3 nitrogen and oxygen atoms in total. The molecule has 0 saturated carbocycles. The van der Waals surface area contributed by atoms with E-state index >= 15 is 0 Å². The third-order valence-electron chi connectivity index (χ3n) is 2.60. The summed E-state index contributed by atoms with van der Waals surface area (Å²) in [4.78, 5) is 4.24. The van der Waals surface area contributed by atoms with E-state index in [1.54, 1.807) is 0 Å². The molecule has 1 fully saturated rings. The molecule has 2 atom stereocenters. The van der Waals surface area contributed by atoms with Gasteiger partial charge in [0.05, 0.1) is 18.5 Å². The number of thioether (sulfide) groups is 1. The van der Waals surface area contributed by atoms with E-state index in [4.69, 9.17) is 4.74 Å². The third kappa shape index (κ3) is 3.04. The quantitative estimate of drug-likeness (QED) is 0.874. The molecule has 0 aliphatic carbocycles. The Morgan fingerprint density at radius 2 is 2.44 bits per heavy atom. The van der Waals surface area contributed by atoms with Crippen LogP contribution in [-0.4, -0.2) is 28.6 Å². The molecule has 2 heterocycles. The minimum Gasteiger partial charge on any atom is -0.478 e. The summed E-state index contributed by atoms with van der Waals surface area (Å²) < 4.78 is 5.30. The highest BCUT2D eigenvalue weighted by molar-refractivity contribution is 8.00. The predicted octanol–water partition coefficient (Wildman–Crippen LogP) is 2.79. The molecule has 0 bridgehead atoms. The van der Waals surface area contributed by atoms with Gasteiger partial charge in [-0.3, -0.25) is 0 Å². The summed E-state index contributed by atoms with van der Waals surface area (Å²) in [7, 11) is 0. The molecule has 1 aromatic heterocycles. The van der Waals surface area contributed by atoms with Gasteiger partial charge in [0.25, 0.3) is 0 Å². The van der Waals surface area contributed by atoms with Gasteiger partial charge in [-0.25, -0.2) is 4.98 Å². The number of anilines is 1. The molecule has 2 unspecified atom stereocenters. The predicted molar refractivity (Wildman–Crippen MR) is 69.4 cm³/mol. The van der Waals surface area contributed by atoms with Crippen LogP contribution in [0.3, 0.4) is 0 Å². The fourth-order valence-electron chi connectivity index (χ4n) is 1.85. The van der Waals surface area contributed by atoms with E-state index < -0.39 is 0 Å². The summed E-state index contributed by atoms with van der Waals surface area (Å²) >= 11 is 2.03. The van der Waals surface area contributed by atoms with Gasteiger partial charge in [0, 0.05) is 23.1 Å². The highest BCUT2D eigenvalue weighted by Gasteiger charge is 2.21. The molecule has 1 aliphatic rings. The van der Waals surface area contributed by atoms with E-state index in [1.807, 2.05) is 37.0 Å². The summed E-state index contributed by atoms with van der Waals surface area (Å²) in [5.74, 6) is 1.89. The summed E-state index contributed by atoms with van der Waals surface area (Å²) in [6, 6.07) is 4.53. The first kappa shape index (κ1) is 11.6. The molecule has 2 rings (SSSR count). The van der Waals surface area contributed by atoms with Gasteiger partial charge < -0.3 is 10.1 Å². The Labute approximate surface area is 101 Å². The SMILES string of the molecule is CCOc1ccc(NC2CSC(C)C2)cn1. The van der Waals surface area contributed by atoms with Crippen molar-refractivity contribution in [1.29, 1.82) is 0 Å². The minimum atomic E-state index is 0.583. The van der Waals surface area contributed by atoms with Gasteiger partial charge in [0.1, 0.15) is 0 Å². The third-order valence-corrected chi connectivity index (χ3v) is 3.95. The van der Waals surface area contributed by atoms with Crippen molar-refractivity contribution in [2.45, 2.75) is 31.6 Å². The van der Waals surface area contributed by atoms with Gasteiger partial charge in [-0.2, -0.15) is 11.8 Å². The van der Waals surface area contributed by atoms with Gasteiger partial charge in [-0.15, -0.1) is 0 Å². The van der Waals surface area contributed by atoms with Gasteiger partial charge in [0.2, 0.25) is 5.88 Å². The van der Waals surface area contributed by atoms with Crippen molar-refractivity contribution < 1.29 is 4.74 Å². The number of hydrogen-bond acceptors (Lipinski definition) is 4. The van der Waals surface area contributed by atoms with Crippen LogP contribution >= 0.6 is 11.8 Å². The van der Waals surface area contributed by atoms with E-state index in [0.29, 0.717) is 18.5 Å². The zero-order valence-electron chi connectivity index (χ0n) is 9.77. The Kier molecular flexibility index (Phi) is 3.93. The Morgan fingerprint density at radius 1 is 1.56 bits per heavy atom. The number of hydrogen-bond donors (Lipinski definition) is 1. The maximum absolute atomic E-state index is 5.30. The molecule has 4 heteroatoms.